The molecule has 0 unspecified atom stereocenters. The van der Waals surface area contributed by atoms with Gasteiger partial charge in [-0.1, -0.05) is 42.8 Å². The molecule has 5 heteroatoms. The molecule has 0 saturated carbocycles. The maximum atomic E-state index is 12.5. The van der Waals surface area contributed by atoms with Gasteiger partial charge >= 0.3 is 0 Å². The maximum Gasteiger partial charge on any atom is 0.255 e. The summed E-state index contributed by atoms with van der Waals surface area (Å²) in [5.74, 6) is -0.234. The molecule has 1 aliphatic rings. The lowest BCUT2D eigenvalue weighted by atomic mass is 10.1. The Morgan fingerprint density at radius 2 is 1.70 bits per heavy atom. The van der Waals surface area contributed by atoms with Crippen LogP contribution in [0.5, 0.6) is 5.75 Å². The zero-order chi connectivity index (χ0) is 19.2. The third-order valence-corrected chi connectivity index (χ3v) is 5.26. The summed E-state index contributed by atoms with van der Waals surface area (Å²) in [7, 11) is 0. The van der Waals surface area contributed by atoms with Gasteiger partial charge < -0.3 is 15.3 Å². The van der Waals surface area contributed by atoms with Gasteiger partial charge in [0.15, 0.2) is 0 Å². The molecule has 1 aliphatic heterocycles. The van der Waals surface area contributed by atoms with Crippen molar-refractivity contribution in [2.24, 2.45) is 0 Å². The molecule has 0 atom stereocenters. The smallest absolute Gasteiger partial charge is 0.255 e. The number of hydrogen-bond donors (Lipinski definition) is 2. The van der Waals surface area contributed by atoms with E-state index in [9.17, 15) is 9.90 Å². The molecular formula is C22H29N3O2. The van der Waals surface area contributed by atoms with Crippen molar-refractivity contribution >= 4 is 5.91 Å². The number of nitrogens with zero attached hydrogens (tertiary/aromatic N) is 2. The van der Waals surface area contributed by atoms with Crippen molar-refractivity contribution in [2.45, 2.75) is 26.9 Å². The van der Waals surface area contributed by atoms with Crippen molar-refractivity contribution in [1.29, 1.82) is 0 Å². The lowest BCUT2D eigenvalue weighted by Gasteiger charge is -2.34. The average Bonchev–Trinajstić information content (AvgIpc) is 2.69. The monoisotopic (exact) mass is 367 g/mol. The molecule has 144 valence electrons. The van der Waals surface area contributed by atoms with E-state index < -0.39 is 0 Å². The lowest BCUT2D eigenvalue weighted by Crippen LogP contribution is -2.45. The van der Waals surface area contributed by atoms with Gasteiger partial charge in [-0.15, -0.1) is 0 Å². The average molecular weight is 367 g/mol. The molecule has 27 heavy (non-hydrogen) atoms. The van der Waals surface area contributed by atoms with Gasteiger partial charge in [-0.3, -0.25) is 9.69 Å². The van der Waals surface area contributed by atoms with Crippen molar-refractivity contribution < 1.29 is 9.90 Å². The van der Waals surface area contributed by atoms with Crippen LogP contribution in [0.3, 0.4) is 0 Å². The SMILES string of the molecule is CCN1CCN(Cc2ccccc2CNC(=O)c2cc(C)ccc2O)CC1. The second-order valence-corrected chi connectivity index (χ2v) is 7.18. The van der Waals surface area contributed by atoms with Crippen LogP contribution < -0.4 is 5.32 Å². The van der Waals surface area contributed by atoms with E-state index in [4.69, 9.17) is 0 Å². The summed E-state index contributed by atoms with van der Waals surface area (Å²) in [6.45, 7) is 11.0. The summed E-state index contributed by atoms with van der Waals surface area (Å²) in [6, 6.07) is 13.3. The molecule has 0 aliphatic carbocycles. The fourth-order valence-electron chi connectivity index (χ4n) is 3.49. The van der Waals surface area contributed by atoms with Gasteiger partial charge in [0.1, 0.15) is 5.75 Å². The van der Waals surface area contributed by atoms with E-state index in [1.165, 1.54) is 5.56 Å². The Kier molecular flexibility index (Phi) is 6.48. The molecule has 3 rings (SSSR count). The number of phenolic OH excluding ortho intramolecular Hbond substituents is 1. The summed E-state index contributed by atoms with van der Waals surface area (Å²) in [5.41, 5.74) is 3.64. The number of aromatic hydroxyl groups is 1. The number of nitrogens with one attached hydrogen (secondary N) is 1. The molecule has 1 fully saturated rings. The van der Waals surface area contributed by atoms with E-state index in [2.05, 4.69) is 40.2 Å². The minimum atomic E-state index is -0.248. The van der Waals surface area contributed by atoms with Crippen molar-refractivity contribution in [3.05, 3.63) is 64.7 Å². The van der Waals surface area contributed by atoms with Gasteiger partial charge in [0, 0.05) is 39.3 Å². The normalized spacial score (nSPS) is 15.6. The summed E-state index contributed by atoms with van der Waals surface area (Å²) in [6.07, 6.45) is 0. The van der Waals surface area contributed by atoms with Gasteiger partial charge in [-0.25, -0.2) is 0 Å². The van der Waals surface area contributed by atoms with Crippen LogP contribution in [-0.2, 0) is 13.1 Å². The molecular weight excluding hydrogens is 338 g/mol. The van der Waals surface area contributed by atoms with Gasteiger partial charge in [-0.05, 0) is 36.7 Å². The van der Waals surface area contributed by atoms with Crippen LogP contribution in [0, 0.1) is 6.92 Å². The van der Waals surface area contributed by atoms with Crippen LogP contribution in [0.25, 0.3) is 0 Å². The molecule has 0 spiro atoms. The zero-order valence-electron chi connectivity index (χ0n) is 16.2. The Hall–Kier alpha value is -2.37. The Bertz CT molecular complexity index is 783. The molecule has 2 aromatic rings. The Labute approximate surface area is 161 Å². The number of rotatable bonds is 6. The quantitative estimate of drug-likeness (QED) is 0.824. The van der Waals surface area contributed by atoms with Crippen molar-refractivity contribution in [1.82, 2.24) is 15.1 Å². The number of hydrogen-bond acceptors (Lipinski definition) is 4. The highest BCUT2D eigenvalue weighted by Gasteiger charge is 2.17. The third kappa shape index (κ3) is 5.08. The number of piperazine rings is 1. The molecule has 5 nitrogen and oxygen atoms in total. The van der Waals surface area contributed by atoms with E-state index >= 15 is 0 Å². The van der Waals surface area contributed by atoms with Crippen molar-refractivity contribution in [3.8, 4) is 5.75 Å². The largest absolute Gasteiger partial charge is 0.507 e. The Morgan fingerprint density at radius 3 is 2.41 bits per heavy atom. The van der Waals surface area contributed by atoms with Gasteiger partial charge in [0.25, 0.3) is 5.91 Å². The lowest BCUT2D eigenvalue weighted by molar-refractivity contribution is 0.0947. The van der Waals surface area contributed by atoms with Gasteiger partial charge in [0.2, 0.25) is 0 Å². The minimum Gasteiger partial charge on any atom is -0.507 e. The number of benzene rings is 2. The topological polar surface area (TPSA) is 55.8 Å². The summed E-state index contributed by atoms with van der Waals surface area (Å²) in [5, 5.41) is 12.9. The fourth-order valence-corrected chi connectivity index (χ4v) is 3.49. The van der Waals surface area contributed by atoms with E-state index in [0.717, 1.165) is 50.4 Å². The Morgan fingerprint density at radius 1 is 1.04 bits per heavy atom. The number of carbonyl (C=O) groups is 1. The number of amides is 1. The third-order valence-electron chi connectivity index (χ3n) is 5.26. The molecule has 2 N–H and O–H groups in total. The van der Waals surface area contributed by atoms with Crippen LogP contribution in [0.2, 0.25) is 0 Å². The number of likely N-dealkylation sites (N-methyl/N-ethyl adjacent to an activating group) is 1. The predicted octanol–water partition coefficient (Wildman–Crippen LogP) is 2.77. The molecule has 2 aromatic carbocycles. The molecule has 1 amide bonds. The predicted molar refractivity (Wildman–Crippen MR) is 108 cm³/mol. The van der Waals surface area contributed by atoms with Crippen LogP contribution in [-0.4, -0.2) is 53.5 Å². The highest BCUT2D eigenvalue weighted by Crippen LogP contribution is 2.19. The standard InChI is InChI=1S/C22H29N3O2/c1-3-24-10-12-25(13-11-24)16-19-7-5-4-6-18(19)15-23-22(27)20-14-17(2)8-9-21(20)26/h4-9,14,26H,3,10-13,15-16H2,1-2H3,(H,23,27). The first-order valence-corrected chi connectivity index (χ1v) is 9.66. The van der Waals surface area contributed by atoms with Gasteiger partial charge in [-0.2, -0.15) is 0 Å². The first-order valence-electron chi connectivity index (χ1n) is 9.66. The van der Waals surface area contributed by atoms with E-state index in [1.54, 1.807) is 18.2 Å². The van der Waals surface area contributed by atoms with Crippen LogP contribution >= 0.6 is 0 Å². The van der Waals surface area contributed by atoms with Crippen LogP contribution in [0.15, 0.2) is 42.5 Å². The van der Waals surface area contributed by atoms with Crippen molar-refractivity contribution in [2.75, 3.05) is 32.7 Å². The second-order valence-electron chi connectivity index (χ2n) is 7.18. The van der Waals surface area contributed by atoms with E-state index in [0.29, 0.717) is 12.1 Å². The van der Waals surface area contributed by atoms with Crippen LogP contribution in [0.1, 0.15) is 34.0 Å². The minimum absolute atomic E-state index is 0.0141. The molecule has 0 bridgehead atoms. The second kappa shape index (κ2) is 9.02. The number of aryl methyl sites for hydroxylation is 1. The van der Waals surface area contributed by atoms with E-state index in [-0.39, 0.29) is 11.7 Å². The van der Waals surface area contributed by atoms with Gasteiger partial charge in [0.05, 0.1) is 5.56 Å². The first kappa shape index (κ1) is 19.4. The number of carbonyl (C=O) groups excluding carboxylic acids is 1. The van der Waals surface area contributed by atoms with Crippen LogP contribution in [0.4, 0.5) is 0 Å². The Balaban J connectivity index is 1.62. The number of phenols is 1. The summed E-state index contributed by atoms with van der Waals surface area (Å²) < 4.78 is 0. The highest BCUT2D eigenvalue weighted by atomic mass is 16.3. The highest BCUT2D eigenvalue weighted by molar-refractivity contribution is 5.96. The summed E-state index contributed by atoms with van der Waals surface area (Å²) >= 11 is 0. The van der Waals surface area contributed by atoms with Crippen molar-refractivity contribution in [3.63, 3.8) is 0 Å². The maximum absolute atomic E-state index is 12.5. The first-order chi connectivity index (χ1) is 13.1. The molecule has 0 radical (unpaired) electrons. The summed E-state index contributed by atoms with van der Waals surface area (Å²) in [4.78, 5) is 17.4. The molecule has 1 heterocycles. The molecule has 1 saturated heterocycles. The van der Waals surface area contributed by atoms with E-state index in [1.807, 2.05) is 13.0 Å². The molecule has 0 aromatic heterocycles. The zero-order valence-corrected chi connectivity index (χ0v) is 16.2. The fraction of sp³-hybridized carbons (Fsp3) is 0.409.